The zero-order chi connectivity index (χ0) is 17.5. The van der Waals surface area contributed by atoms with E-state index < -0.39 is 0 Å². The second-order valence-corrected chi connectivity index (χ2v) is 6.89. The van der Waals surface area contributed by atoms with Crippen molar-refractivity contribution in [1.29, 1.82) is 0 Å². The minimum atomic E-state index is 0.537. The summed E-state index contributed by atoms with van der Waals surface area (Å²) in [6, 6.07) is 10.5. The molecule has 1 heterocycles. The maximum absolute atomic E-state index is 5.97. The molecule has 2 aromatic rings. The van der Waals surface area contributed by atoms with Gasteiger partial charge in [-0.25, -0.2) is 0 Å². The number of aromatic amines is 1. The number of aromatic nitrogens is 1. The third kappa shape index (κ3) is 4.64. The molecule has 1 nitrogen and oxygen atoms in total. The lowest BCUT2D eigenvalue weighted by Crippen LogP contribution is -2.10. The van der Waals surface area contributed by atoms with E-state index in [0.717, 1.165) is 23.6 Å². The van der Waals surface area contributed by atoms with E-state index in [9.17, 15) is 0 Å². The molecule has 2 rings (SSSR count). The van der Waals surface area contributed by atoms with Gasteiger partial charge in [-0.2, -0.15) is 0 Å². The Labute approximate surface area is 151 Å². The fourth-order valence-corrected chi connectivity index (χ4v) is 3.48. The van der Waals surface area contributed by atoms with Crippen molar-refractivity contribution in [3.8, 4) is 0 Å². The molecule has 0 aliphatic heterocycles. The van der Waals surface area contributed by atoms with Crippen LogP contribution in [0, 0.1) is 5.92 Å². The van der Waals surface area contributed by atoms with Gasteiger partial charge in [-0.3, -0.25) is 0 Å². The third-order valence-electron chi connectivity index (χ3n) is 4.78. The van der Waals surface area contributed by atoms with Crippen LogP contribution >= 0.6 is 11.6 Å². The quantitative estimate of drug-likeness (QED) is 0.526. The second kappa shape index (κ2) is 8.94. The zero-order valence-electron chi connectivity index (χ0n) is 15.0. The standard InChI is InChI=1S/C22H28ClN/c1-5-8-21-18(6-2)15-22(24-21)20(7-3)16(4)9-10-17-11-13-19(23)14-12-17/h5-6,8,11-16,20,24H,2,7,9-10H2,1,3-4H3/b8-5-. The molecule has 0 saturated carbocycles. The monoisotopic (exact) mass is 341 g/mol. The van der Waals surface area contributed by atoms with Crippen LogP contribution in [0.4, 0.5) is 0 Å². The molecule has 0 spiro atoms. The van der Waals surface area contributed by atoms with Crippen LogP contribution in [0.1, 0.15) is 62.0 Å². The van der Waals surface area contributed by atoms with Gasteiger partial charge >= 0.3 is 0 Å². The van der Waals surface area contributed by atoms with Gasteiger partial charge in [0.2, 0.25) is 0 Å². The van der Waals surface area contributed by atoms with Crippen molar-refractivity contribution in [2.75, 3.05) is 0 Å². The Morgan fingerprint density at radius 3 is 2.54 bits per heavy atom. The minimum Gasteiger partial charge on any atom is -0.358 e. The number of benzene rings is 1. The van der Waals surface area contributed by atoms with Crippen molar-refractivity contribution in [3.05, 3.63) is 70.5 Å². The number of aryl methyl sites for hydroxylation is 1. The number of hydrogen-bond acceptors (Lipinski definition) is 0. The SMILES string of the molecule is C=Cc1cc(C(CC)C(C)CCc2ccc(Cl)cc2)[nH]c1/C=C\C. The number of rotatable bonds is 8. The summed E-state index contributed by atoms with van der Waals surface area (Å²) in [5, 5.41) is 0.804. The summed E-state index contributed by atoms with van der Waals surface area (Å²) in [5.74, 6) is 1.15. The van der Waals surface area contributed by atoms with Crippen LogP contribution in [0.3, 0.4) is 0 Å². The summed E-state index contributed by atoms with van der Waals surface area (Å²) >= 11 is 5.97. The molecule has 1 aromatic heterocycles. The van der Waals surface area contributed by atoms with E-state index in [2.05, 4.69) is 55.8 Å². The molecule has 1 aromatic carbocycles. The molecule has 0 bridgehead atoms. The van der Waals surface area contributed by atoms with Crippen LogP contribution in [0.15, 0.2) is 43.0 Å². The number of nitrogens with one attached hydrogen (secondary N) is 1. The van der Waals surface area contributed by atoms with E-state index in [1.165, 1.54) is 23.2 Å². The topological polar surface area (TPSA) is 15.8 Å². The van der Waals surface area contributed by atoms with Crippen molar-refractivity contribution in [1.82, 2.24) is 4.98 Å². The Morgan fingerprint density at radius 2 is 1.96 bits per heavy atom. The molecule has 1 N–H and O–H groups in total. The highest BCUT2D eigenvalue weighted by Crippen LogP contribution is 2.32. The predicted octanol–water partition coefficient (Wildman–Crippen LogP) is 7.11. The Bertz CT molecular complexity index is 678. The molecule has 24 heavy (non-hydrogen) atoms. The van der Waals surface area contributed by atoms with Crippen molar-refractivity contribution in [2.24, 2.45) is 5.92 Å². The fourth-order valence-electron chi connectivity index (χ4n) is 3.36. The molecule has 2 atom stereocenters. The van der Waals surface area contributed by atoms with Gasteiger partial charge in [0.05, 0.1) is 0 Å². The largest absolute Gasteiger partial charge is 0.358 e. The molecule has 0 aliphatic carbocycles. The Hall–Kier alpha value is -1.73. The van der Waals surface area contributed by atoms with Crippen LogP contribution in [0.5, 0.6) is 0 Å². The van der Waals surface area contributed by atoms with Gasteiger partial charge in [-0.05, 0) is 67.5 Å². The highest BCUT2D eigenvalue weighted by atomic mass is 35.5. The van der Waals surface area contributed by atoms with Crippen LogP contribution < -0.4 is 0 Å². The Balaban J connectivity index is 2.09. The lowest BCUT2D eigenvalue weighted by atomic mass is 9.84. The molecule has 0 amide bonds. The normalized spacial score (nSPS) is 14.0. The van der Waals surface area contributed by atoms with Gasteiger partial charge < -0.3 is 4.98 Å². The van der Waals surface area contributed by atoms with E-state index in [0.29, 0.717) is 11.8 Å². The summed E-state index contributed by atoms with van der Waals surface area (Å²) in [4.78, 5) is 3.60. The summed E-state index contributed by atoms with van der Waals surface area (Å²) in [7, 11) is 0. The van der Waals surface area contributed by atoms with Crippen LogP contribution in [0.2, 0.25) is 5.02 Å². The first-order chi connectivity index (χ1) is 11.6. The highest BCUT2D eigenvalue weighted by Gasteiger charge is 2.20. The maximum Gasteiger partial charge on any atom is 0.0452 e. The molecule has 0 radical (unpaired) electrons. The second-order valence-electron chi connectivity index (χ2n) is 6.45. The van der Waals surface area contributed by atoms with Gasteiger partial charge in [-0.1, -0.05) is 56.3 Å². The van der Waals surface area contributed by atoms with Crippen molar-refractivity contribution < 1.29 is 0 Å². The molecule has 0 saturated heterocycles. The van der Waals surface area contributed by atoms with E-state index >= 15 is 0 Å². The average Bonchev–Trinajstić information content (AvgIpc) is 2.98. The van der Waals surface area contributed by atoms with Gasteiger partial charge in [0.1, 0.15) is 0 Å². The molecule has 0 fully saturated rings. The van der Waals surface area contributed by atoms with Gasteiger partial charge in [0, 0.05) is 22.3 Å². The van der Waals surface area contributed by atoms with E-state index in [1.54, 1.807) is 0 Å². The van der Waals surface area contributed by atoms with Crippen LogP contribution in [0.25, 0.3) is 12.2 Å². The van der Waals surface area contributed by atoms with Gasteiger partial charge in [0.25, 0.3) is 0 Å². The van der Waals surface area contributed by atoms with Crippen molar-refractivity contribution >= 4 is 23.8 Å². The fraction of sp³-hybridized carbons (Fsp3) is 0.364. The lowest BCUT2D eigenvalue weighted by molar-refractivity contribution is 0.413. The van der Waals surface area contributed by atoms with E-state index in [1.807, 2.05) is 25.1 Å². The van der Waals surface area contributed by atoms with Crippen LogP contribution in [-0.2, 0) is 6.42 Å². The summed E-state index contributed by atoms with van der Waals surface area (Å²) in [6.45, 7) is 10.6. The minimum absolute atomic E-state index is 0.537. The molecular weight excluding hydrogens is 314 g/mol. The van der Waals surface area contributed by atoms with Gasteiger partial charge in [0.15, 0.2) is 0 Å². The first-order valence-corrected chi connectivity index (χ1v) is 9.19. The molecule has 0 aliphatic rings. The average molecular weight is 342 g/mol. The number of halogens is 1. The van der Waals surface area contributed by atoms with E-state index in [4.69, 9.17) is 11.6 Å². The maximum atomic E-state index is 5.97. The number of hydrogen-bond donors (Lipinski definition) is 1. The summed E-state index contributed by atoms with van der Waals surface area (Å²) in [5.41, 5.74) is 5.02. The summed E-state index contributed by atoms with van der Waals surface area (Å²) < 4.78 is 0. The predicted molar refractivity (Wildman–Crippen MR) is 108 cm³/mol. The third-order valence-corrected chi connectivity index (χ3v) is 5.03. The smallest absolute Gasteiger partial charge is 0.0452 e. The lowest BCUT2D eigenvalue weighted by Gasteiger charge is -2.22. The first kappa shape index (κ1) is 18.6. The number of H-pyrrole nitrogens is 1. The summed E-state index contributed by atoms with van der Waals surface area (Å²) in [6.07, 6.45) is 9.50. The Kier molecular flexibility index (Phi) is 6.93. The Morgan fingerprint density at radius 1 is 1.25 bits per heavy atom. The molecule has 2 heteroatoms. The zero-order valence-corrected chi connectivity index (χ0v) is 15.7. The van der Waals surface area contributed by atoms with Crippen molar-refractivity contribution in [3.63, 3.8) is 0 Å². The van der Waals surface area contributed by atoms with Gasteiger partial charge in [-0.15, -0.1) is 0 Å². The van der Waals surface area contributed by atoms with Crippen LogP contribution in [-0.4, -0.2) is 4.98 Å². The molecule has 2 unspecified atom stereocenters. The highest BCUT2D eigenvalue weighted by molar-refractivity contribution is 6.30. The molecular formula is C22H28ClN. The first-order valence-electron chi connectivity index (χ1n) is 8.81. The molecule has 128 valence electrons. The number of allylic oxidation sites excluding steroid dienone is 1. The van der Waals surface area contributed by atoms with Crippen molar-refractivity contribution in [2.45, 2.75) is 46.0 Å². The van der Waals surface area contributed by atoms with E-state index in [-0.39, 0.29) is 0 Å².